The first kappa shape index (κ1) is 8.26. The summed E-state index contributed by atoms with van der Waals surface area (Å²) in [5.74, 6) is 0.991. The molecule has 0 aromatic carbocycles. The summed E-state index contributed by atoms with van der Waals surface area (Å²) in [6, 6.07) is 0.847. The fourth-order valence-corrected chi connectivity index (χ4v) is 2.99. The summed E-state index contributed by atoms with van der Waals surface area (Å²) in [4.78, 5) is 2.52. The molecule has 2 heterocycles. The van der Waals surface area contributed by atoms with Crippen molar-refractivity contribution in [1.29, 1.82) is 0 Å². The van der Waals surface area contributed by atoms with Gasteiger partial charge < -0.3 is 4.90 Å². The molecule has 2 unspecified atom stereocenters. The van der Waals surface area contributed by atoms with Crippen molar-refractivity contribution in [2.75, 3.05) is 26.7 Å². The molecule has 0 amide bonds. The molecule has 2 rings (SSSR count). The molecule has 2 fully saturated rings. The molecule has 2 nitrogen and oxygen atoms in total. The molecular weight excluding hydrogens is 251 g/mol. The smallest absolute Gasteiger partial charge is 0.0237 e. The van der Waals surface area contributed by atoms with Crippen molar-refractivity contribution in [3.8, 4) is 0 Å². The summed E-state index contributed by atoms with van der Waals surface area (Å²) < 4.78 is 2.44. The predicted octanol–water partition coefficient (Wildman–Crippen LogP) is 1.36. The van der Waals surface area contributed by atoms with Gasteiger partial charge >= 0.3 is 0 Å². The van der Waals surface area contributed by atoms with E-state index in [1.54, 1.807) is 0 Å². The van der Waals surface area contributed by atoms with Crippen LogP contribution in [0.1, 0.15) is 12.8 Å². The summed E-state index contributed by atoms with van der Waals surface area (Å²) in [6.45, 7) is 3.91. The van der Waals surface area contributed by atoms with Gasteiger partial charge in [-0.15, -0.1) is 0 Å². The van der Waals surface area contributed by atoms with Crippen LogP contribution in [0.3, 0.4) is 0 Å². The highest BCUT2D eigenvalue weighted by molar-refractivity contribution is 14.1. The van der Waals surface area contributed by atoms with Crippen LogP contribution < -0.4 is 0 Å². The van der Waals surface area contributed by atoms with Gasteiger partial charge in [-0.2, -0.15) is 0 Å². The fourth-order valence-electron chi connectivity index (χ4n) is 2.26. The lowest BCUT2D eigenvalue weighted by Gasteiger charge is -2.24. The van der Waals surface area contributed by atoms with Gasteiger partial charge in [0, 0.05) is 48.5 Å². The van der Waals surface area contributed by atoms with Gasteiger partial charge in [0.25, 0.3) is 0 Å². The Morgan fingerprint density at radius 2 is 2.18 bits per heavy atom. The SMILES string of the molecule is CN1CC2CCN(I)CC1C2. The first-order chi connectivity index (χ1) is 5.25. The molecule has 0 radical (unpaired) electrons. The molecule has 0 N–H and O–H groups in total. The number of likely N-dealkylation sites (tertiary alicyclic amines) is 1. The van der Waals surface area contributed by atoms with E-state index >= 15 is 0 Å². The number of hydrogen-bond donors (Lipinski definition) is 0. The lowest BCUT2D eigenvalue weighted by molar-refractivity contribution is 0.259. The molecule has 0 aromatic rings. The highest BCUT2D eigenvalue weighted by Gasteiger charge is 2.32. The zero-order valence-electron chi connectivity index (χ0n) is 6.96. The molecule has 0 spiro atoms. The van der Waals surface area contributed by atoms with E-state index in [1.165, 1.54) is 32.5 Å². The minimum atomic E-state index is 0.847. The highest BCUT2D eigenvalue weighted by Crippen LogP contribution is 2.29. The molecule has 0 saturated carbocycles. The van der Waals surface area contributed by atoms with Crippen molar-refractivity contribution in [1.82, 2.24) is 8.01 Å². The minimum absolute atomic E-state index is 0.847. The molecule has 2 atom stereocenters. The molecule has 2 saturated heterocycles. The van der Waals surface area contributed by atoms with E-state index in [0.29, 0.717) is 0 Å². The molecule has 2 aliphatic heterocycles. The molecule has 0 aliphatic carbocycles. The van der Waals surface area contributed by atoms with Gasteiger partial charge in [-0.05, 0) is 25.8 Å². The minimum Gasteiger partial charge on any atom is -0.302 e. The van der Waals surface area contributed by atoms with E-state index in [4.69, 9.17) is 0 Å². The van der Waals surface area contributed by atoms with Crippen molar-refractivity contribution >= 4 is 22.9 Å². The van der Waals surface area contributed by atoms with Crippen LogP contribution in [0.4, 0.5) is 0 Å². The van der Waals surface area contributed by atoms with Gasteiger partial charge in [0.05, 0.1) is 0 Å². The second kappa shape index (κ2) is 3.18. The lowest BCUT2D eigenvalue weighted by atomic mass is 10.0. The van der Waals surface area contributed by atoms with Gasteiger partial charge in [0.15, 0.2) is 0 Å². The second-order valence-corrected chi connectivity index (χ2v) is 5.22. The monoisotopic (exact) mass is 266 g/mol. The van der Waals surface area contributed by atoms with Crippen LogP contribution in [0.25, 0.3) is 0 Å². The highest BCUT2D eigenvalue weighted by atomic mass is 127. The first-order valence-corrected chi connectivity index (χ1v) is 5.33. The number of hydrogen-bond acceptors (Lipinski definition) is 2. The quantitative estimate of drug-likeness (QED) is 0.482. The largest absolute Gasteiger partial charge is 0.302 e. The topological polar surface area (TPSA) is 6.48 Å². The van der Waals surface area contributed by atoms with E-state index in [9.17, 15) is 0 Å². The van der Waals surface area contributed by atoms with Gasteiger partial charge in [0.1, 0.15) is 0 Å². The maximum absolute atomic E-state index is 2.52. The Hall–Kier alpha value is 0.650. The number of rotatable bonds is 0. The van der Waals surface area contributed by atoms with Crippen LogP contribution in [0.15, 0.2) is 0 Å². The van der Waals surface area contributed by atoms with Crippen molar-refractivity contribution in [2.45, 2.75) is 18.9 Å². The van der Waals surface area contributed by atoms with Crippen LogP contribution in [0.2, 0.25) is 0 Å². The van der Waals surface area contributed by atoms with Crippen LogP contribution in [0.5, 0.6) is 0 Å². The van der Waals surface area contributed by atoms with Gasteiger partial charge in [-0.25, -0.2) is 3.11 Å². The van der Waals surface area contributed by atoms with Crippen LogP contribution >= 0.6 is 22.9 Å². The van der Waals surface area contributed by atoms with E-state index in [0.717, 1.165) is 12.0 Å². The third-order valence-electron chi connectivity index (χ3n) is 2.96. The maximum atomic E-state index is 2.52. The molecular formula is C8H15IN2. The van der Waals surface area contributed by atoms with Crippen molar-refractivity contribution in [3.63, 3.8) is 0 Å². The third kappa shape index (κ3) is 1.70. The van der Waals surface area contributed by atoms with Gasteiger partial charge in [0.2, 0.25) is 0 Å². The molecule has 64 valence electrons. The van der Waals surface area contributed by atoms with E-state index in [2.05, 4.69) is 37.9 Å². The Labute approximate surface area is 82.4 Å². The Balaban J connectivity index is 2.04. The molecule has 2 aliphatic rings. The number of likely N-dealkylation sites (N-methyl/N-ethyl adjacent to an activating group) is 1. The van der Waals surface area contributed by atoms with Gasteiger partial charge in [-0.1, -0.05) is 0 Å². The summed E-state index contributed by atoms with van der Waals surface area (Å²) in [6.07, 6.45) is 2.85. The van der Waals surface area contributed by atoms with Gasteiger partial charge in [-0.3, -0.25) is 0 Å². The van der Waals surface area contributed by atoms with E-state index in [1.807, 2.05) is 0 Å². The zero-order chi connectivity index (χ0) is 7.84. The normalized spacial score (nSPS) is 40.9. The van der Waals surface area contributed by atoms with Crippen LogP contribution in [-0.2, 0) is 0 Å². The van der Waals surface area contributed by atoms with Crippen LogP contribution in [0, 0.1) is 5.92 Å². The third-order valence-corrected chi connectivity index (χ3v) is 3.84. The summed E-state index contributed by atoms with van der Waals surface area (Å²) in [5, 5.41) is 0. The molecule has 3 heteroatoms. The van der Waals surface area contributed by atoms with Crippen molar-refractivity contribution in [3.05, 3.63) is 0 Å². The van der Waals surface area contributed by atoms with Crippen molar-refractivity contribution < 1.29 is 0 Å². The predicted molar refractivity (Wildman–Crippen MR) is 54.7 cm³/mol. The average Bonchev–Trinajstić information content (AvgIpc) is 2.15. The maximum Gasteiger partial charge on any atom is 0.0237 e. The van der Waals surface area contributed by atoms with Crippen molar-refractivity contribution in [2.24, 2.45) is 5.92 Å². The Morgan fingerprint density at radius 3 is 3.00 bits per heavy atom. The zero-order valence-corrected chi connectivity index (χ0v) is 9.12. The number of halogens is 1. The number of nitrogens with zero attached hydrogens (tertiary/aromatic N) is 2. The number of fused-ring (bicyclic) bond motifs is 2. The summed E-state index contributed by atoms with van der Waals surface area (Å²) >= 11 is 2.46. The average molecular weight is 266 g/mol. The lowest BCUT2D eigenvalue weighted by Crippen LogP contribution is -2.35. The molecule has 0 aromatic heterocycles. The van der Waals surface area contributed by atoms with E-state index in [-0.39, 0.29) is 0 Å². The summed E-state index contributed by atoms with van der Waals surface area (Å²) in [5.41, 5.74) is 0. The van der Waals surface area contributed by atoms with E-state index < -0.39 is 0 Å². The van der Waals surface area contributed by atoms with Crippen LogP contribution in [-0.4, -0.2) is 40.7 Å². The molecule has 2 bridgehead atoms. The first-order valence-electron chi connectivity index (χ1n) is 4.36. The standard InChI is InChI=1S/C8H15IN2/c1-10-5-7-2-3-11(9)6-8(10)4-7/h7-8H,2-6H2,1H3. The Bertz CT molecular complexity index is 151. The Kier molecular flexibility index (Phi) is 2.39. The fraction of sp³-hybridized carbons (Fsp3) is 1.00. The molecule has 11 heavy (non-hydrogen) atoms. The Morgan fingerprint density at radius 1 is 1.36 bits per heavy atom. The second-order valence-electron chi connectivity index (χ2n) is 3.85. The summed E-state index contributed by atoms with van der Waals surface area (Å²) in [7, 11) is 2.26.